The average molecular weight is 1520 g/mol. The molecule has 1 aromatic heterocycles. The van der Waals surface area contributed by atoms with Crippen LogP contribution in [0.1, 0.15) is 130 Å². The lowest BCUT2D eigenvalue weighted by Gasteiger charge is -2.39. The predicted molar refractivity (Wildman–Crippen MR) is 458 cm³/mol. The van der Waals surface area contributed by atoms with Crippen LogP contribution in [0.15, 0.2) is 271 Å². The van der Waals surface area contributed by atoms with Crippen molar-refractivity contribution in [3.63, 3.8) is 0 Å². The number of carbonyl (C=O) groups excluding carboxylic acids is 1. The van der Waals surface area contributed by atoms with E-state index in [0.717, 1.165) is 99.4 Å². The highest BCUT2D eigenvalue weighted by Gasteiger charge is 2.33. The lowest BCUT2D eigenvalue weighted by Crippen LogP contribution is -2.35. The Balaban J connectivity index is 0.000000121. The maximum absolute atomic E-state index is 11.8. The van der Waals surface area contributed by atoms with Crippen LogP contribution in [0.25, 0.3) is 81.5 Å². The Morgan fingerprint density at radius 3 is 1.20 bits per heavy atom. The molecule has 0 unspecified atom stereocenters. The van der Waals surface area contributed by atoms with Crippen LogP contribution < -0.4 is 10.6 Å². The second-order valence-electron chi connectivity index (χ2n) is 27.7. The van der Waals surface area contributed by atoms with Gasteiger partial charge < -0.3 is 32.1 Å². The van der Waals surface area contributed by atoms with Gasteiger partial charge in [-0.25, -0.2) is 24.8 Å². The summed E-state index contributed by atoms with van der Waals surface area (Å²) in [5.41, 5.74) is 12.6. The molecule has 0 saturated carbocycles. The number of benzene rings is 12. The van der Waals surface area contributed by atoms with Gasteiger partial charge in [0.15, 0.2) is 23.6 Å². The van der Waals surface area contributed by atoms with Crippen LogP contribution >= 0.6 is 24.2 Å². The molecule has 6 heterocycles. The number of esters is 1. The monoisotopic (exact) mass is 1510 g/mol. The lowest BCUT2D eigenvalue weighted by molar-refractivity contribution is 0.0524. The van der Waals surface area contributed by atoms with E-state index in [1.807, 2.05) is 58.0 Å². The first kappa shape index (κ1) is 75.1. The molecule has 0 amide bonds. The predicted octanol–water partition coefficient (Wildman–Crippen LogP) is 23.2. The summed E-state index contributed by atoms with van der Waals surface area (Å²) < 4.78 is 46.1. The topological polar surface area (TPSA) is 145 Å². The molecule has 5 aliphatic rings. The number of rotatable bonds is 15. The summed E-state index contributed by atoms with van der Waals surface area (Å²) in [6.45, 7) is 25.4. The molecule has 5 aliphatic heterocycles. The average Bonchev–Trinajstić information content (AvgIpc) is 1.47. The highest BCUT2D eigenvalue weighted by molar-refractivity contribution is 7.64. The number of nitrogens with zero attached hydrogens (tertiary/aromatic N) is 6. The largest absolute Gasteiger partial charge is 0.479 e. The van der Waals surface area contributed by atoms with E-state index in [1.165, 1.54) is 76.3 Å². The minimum atomic E-state index is -1.45. The maximum Gasteiger partial charge on any atom is 0.338 e. The lowest BCUT2D eigenvalue weighted by atomic mass is 9.88. The van der Waals surface area contributed by atoms with Gasteiger partial charge in [0.1, 0.15) is 61.8 Å². The van der Waals surface area contributed by atoms with Gasteiger partial charge in [-0.1, -0.05) is 254 Å². The molecular formula is C93H93N6O8P3. The fourth-order valence-corrected chi connectivity index (χ4v) is 22.7. The summed E-state index contributed by atoms with van der Waals surface area (Å²) in [6.07, 6.45) is 2.15. The third-order valence-electron chi connectivity index (χ3n) is 21.0. The van der Waals surface area contributed by atoms with E-state index in [2.05, 4.69) is 248 Å². The zero-order valence-corrected chi connectivity index (χ0v) is 66.7. The third-order valence-corrected chi connectivity index (χ3v) is 28.1. The van der Waals surface area contributed by atoms with Gasteiger partial charge in [-0.15, -0.1) is 0 Å². The molecule has 0 radical (unpaired) electrons. The van der Waals surface area contributed by atoms with Crippen LogP contribution in [0.4, 0.5) is 0 Å². The number of carbonyl (C=O) groups is 1. The molecule has 13 aromatic rings. The number of hydrogen-bond acceptors (Lipinski definition) is 14. The van der Waals surface area contributed by atoms with Crippen molar-refractivity contribution in [2.45, 2.75) is 98.8 Å². The fourth-order valence-electron chi connectivity index (χ4n) is 15.8. The summed E-state index contributed by atoms with van der Waals surface area (Å²) in [7, 11) is -2.40. The standard InChI is InChI=1S/C32H26NOP.C30H22NO3P.C18H30N3OP.C13H15NO3/c1-21-33-29(18-34-21)28-12-6-7-13-30(28)35-19-24-16-14-22-8-2-4-10-26(22)31(24)32-25(20-35)17-15-23-9-3-5-11-27(23)32;1-19-31-25(18-32-19)24-12-6-7-13-28(24)35-33-26-16-14-20-8-2-4-10-22(20)29(26)30-23-11-5-3-9-21(23)15-17-27(30)34-35;1-6-20(7-2)23(21(8-3)9-4)18-13-11-10-12-16(18)17-14-22-15(5)19-17;1-3-16-13(15)11-7-5-4-6-10(11)12-8-17-9(2)14-12/h2-17,29H,18-20H2,1H3;2-17,25H,18H2,1H3;10-13,17H,6-9,14H2,1-5H3;4-7,12H,3,8H2,1-2H3/t29-;25-;17-;12-/m1111/s1. The molecule has 17 heteroatoms. The summed E-state index contributed by atoms with van der Waals surface area (Å²) in [6, 6.07) is 85.9. The molecule has 110 heavy (non-hydrogen) atoms. The minimum absolute atomic E-state index is 0.0590. The first-order chi connectivity index (χ1) is 53.9. The zero-order valence-electron chi connectivity index (χ0n) is 64.0. The Labute approximate surface area is 647 Å². The second-order valence-corrected chi connectivity index (χ2v) is 33.5. The van der Waals surface area contributed by atoms with Crippen LogP contribution in [0.2, 0.25) is 0 Å². The molecule has 0 saturated heterocycles. The summed E-state index contributed by atoms with van der Waals surface area (Å²) in [4.78, 5) is 30.3. The highest BCUT2D eigenvalue weighted by atomic mass is 31.1. The van der Waals surface area contributed by atoms with Crippen LogP contribution in [0.3, 0.4) is 0 Å². The molecule has 0 N–H and O–H groups in total. The zero-order chi connectivity index (χ0) is 75.8. The van der Waals surface area contributed by atoms with Crippen LogP contribution in [0.5, 0.6) is 0 Å². The van der Waals surface area contributed by atoms with E-state index >= 15 is 0 Å². The number of fused-ring (bicyclic) bond motifs is 14. The van der Waals surface area contributed by atoms with Crippen LogP contribution in [-0.4, -0.2) is 98.1 Å². The van der Waals surface area contributed by atoms with Crippen LogP contribution in [0, 0.1) is 0 Å². The maximum atomic E-state index is 11.8. The van der Waals surface area contributed by atoms with Crippen LogP contribution in [-0.2, 0) is 36.0 Å². The van der Waals surface area contributed by atoms with Gasteiger partial charge in [-0.05, 0) is 136 Å². The van der Waals surface area contributed by atoms with Crippen molar-refractivity contribution < 1.29 is 36.9 Å². The Morgan fingerprint density at radius 1 is 0.400 bits per heavy atom. The van der Waals surface area contributed by atoms with Gasteiger partial charge in [0, 0.05) is 70.0 Å². The third kappa shape index (κ3) is 15.8. The van der Waals surface area contributed by atoms with E-state index in [9.17, 15) is 4.79 Å². The molecule has 12 aromatic carbocycles. The van der Waals surface area contributed by atoms with Crippen molar-refractivity contribution in [1.29, 1.82) is 0 Å². The second kappa shape index (κ2) is 34.3. The highest BCUT2D eigenvalue weighted by Crippen LogP contribution is 2.55. The first-order valence-corrected chi connectivity index (χ1v) is 42.5. The van der Waals surface area contributed by atoms with E-state index in [1.54, 1.807) is 13.0 Å². The van der Waals surface area contributed by atoms with Gasteiger partial charge in [-0.2, -0.15) is 0 Å². The van der Waals surface area contributed by atoms with Crippen molar-refractivity contribution in [3.05, 3.63) is 282 Å². The molecule has 18 rings (SSSR count). The normalized spacial score (nSPS) is 17.1. The smallest absolute Gasteiger partial charge is 0.338 e. The number of aliphatic imine (C=N–C) groups is 4. The molecule has 4 atom stereocenters. The SMILES string of the molecule is CC1=N[C@@H](c2ccccc2-p2oc3ccc4ccccc4c3c3c(ccc4ccccc43)o2)CO1.CC1=N[C@@H](c2ccccc2P2Cc3ccc4ccccc4c3-c3c(ccc4ccccc34)C2)CO1.CCN(CC)P(c1ccccc1[C@H]1COC(C)=N1)N(CC)CC.CCOC(=O)c1ccccc1[C@H]1COC(C)=N1. The summed E-state index contributed by atoms with van der Waals surface area (Å²) >= 11 is 0. The number of hydrogen-bond donors (Lipinski definition) is 0. The molecule has 0 fully saturated rings. The van der Waals surface area contributed by atoms with E-state index < -0.39 is 24.2 Å². The van der Waals surface area contributed by atoms with Gasteiger partial charge in [0.05, 0.1) is 25.7 Å². The Hall–Kier alpha value is -10.3. The molecule has 0 spiro atoms. The van der Waals surface area contributed by atoms with E-state index in [4.69, 9.17) is 47.1 Å². The van der Waals surface area contributed by atoms with Crippen molar-refractivity contribution in [3.8, 4) is 16.4 Å². The van der Waals surface area contributed by atoms with Crippen molar-refractivity contribution in [2.75, 3.05) is 59.2 Å². The fraction of sp³-hybridized carbons (Fsp3) is 0.258. The van der Waals surface area contributed by atoms with Gasteiger partial charge >= 0.3 is 5.97 Å². The van der Waals surface area contributed by atoms with E-state index in [0.29, 0.717) is 50.4 Å². The Morgan fingerprint density at radius 2 is 0.755 bits per heavy atom. The Bertz CT molecular complexity index is 5530. The molecule has 558 valence electrons. The van der Waals surface area contributed by atoms with Gasteiger partial charge in [0.25, 0.3) is 8.01 Å². The quantitative estimate of drug-likeness (QED) is 0.0718. The summed E-state index contributed by atoms with van der Waals surface area (Å²) in [5.74, 6) is 2.68. The van der Waals surface area contributed by atoms with E-state index in [-0.39, 0.29) is 30.1 Å². The Kier molecular flexibility index (Phi) is 23.4. The minimum Gasteiger partial charge on any atom is -0.479 e. The molecule has 0 aliphatic carbocycles. The van der Waals surface area contributed by atoms with Gasteiger partial charge in [-0.3, -0.25) is 9.34 Å². The van der Waals surface area contributed by atoms with Crippen molar-refractivity contribution >= 4 is 129 Å². The van der Waals surface area contributed by atoms with Gasteiger partial charge in [0.2, 0.25) is 0 Å². The molecule has 0 bridgehead atoms. The van der Waals surface area contributed by atoms with Crippen molar-refractivity contribution in [2.24, 2.45) is 20.0 Å². The summed E-state index contributed by atoms with van der Waals surface area (Å²) in [5, 5.41) is 16.1. The van der Waals surface area contributed by atoms with Crippen molar-refractivity contribution in [1.82, 2.24) is 9.34 Å². The molecule has 14 nitrogen and oxygen atoms in total. The number of ether oxygens (including phenoxy) is 5. The molecular weight excluding hydrogens is 1420 g/mol. The first-order valence-electron chi connectivity index (χ1n) is 38.4.